The monoisotopic (exact) mass is 346 g/mol. The van der Waals surface area contributed by atoms with Crippen molar-refractivity contribution in [3.8, 4) is 5.75 Å². The third-order valence-corrected chi connectivity index (χ3v) is 5.57. The minimum absolute atomic E-state index is 0.255. The molecule has 25 heavy (non-hydrogen) atoms. The normalized spacial score (nSPS) is 21.1. The Hall–Kier alpha value is -1.59. The first-order valence-corrected chi connectivity index (χ1v) is 9.50. The first-order chi connectivity index (χ1) is 12.2. The van der Waals surface area contributed by atoms with Gasteiger partial charge in [0.1, 0.15) is 5.75 Å². The molecule has 0 aromatic heterocycles. The maximum atomic E-state index is 12.6. The van der Waals surface area contributed by atoms with E-state index in [9.17, 15) is 9.90 Å². The van der Waals surface area contributed by atoms with E-state index in [2.05, 4.69) is 4.90 Å². The van der Waals surface area contributed by atoms with E-state index in [1.54, 1.807) is 7.11 Å². The van der Waals surface area contributed by atoms with Crippen LogP contribution in [0.15, 0.2) is 24.3 Å². The van der Waals surface area contributed by atoms with E-state index in [4.69, 9.17) is 4.74 Å². The highest BCUT2D eigenvalue weighted by Gasteiger charge is 2.28. The summed E-state index contributed by atoms with van der Waals surface area (Å²) < 4.78 is 5.15. The van der Waals surface area contributed by atoms with E-state index in [1.165, 1.54) is 19.3 Å². The summed E-state index contributed by atoms with van der Waals surface area (Å²) in [5, 5.41) is 10.5. The summed E-state index contributed by atoms with van der Waals surface area (Å²) in [5.74, 6) is 1.41. The second-order valence-electron chi connectivity index (χ2n) is 7.25. The van der Waals surface area contributed by atoms with Crippen molar-refractivity contribution in [2.45, 2.75) is 38.2 Å². The van der Waals surface area contributed by atoms with Gasteiger partial charge in [-0.15, -0.1) is 0 Å². The van der Waals surface area contributed by atoms with Gasteiger partial charge in [0, 0.05) is 38.6 Å². The van der Waals surface area contributed by atoms with E-state index >= 15 is 0 Å². The zero-order valence-electron chi connectivity index (χ0n) is 15.2. The molecule has 1 unspecified atom stereocenters. The molecular formula is C20H30N2O3. The minimum atomic E-state index is -0.508. The van der Waals surface area contributed by atoms with Crippen molar-refractivity contribution in [1.29, 1.82) is 0 Å². The first-order valence-electron chi connectivity index (χ1n) is 9.50. The van der Waals surface area contributed by atoms with Gasteiger partial charge in [0.2, 0.25) is 5.91 Å². The van der Waals surface area contributed by atoms with Crippen molar-refractivity contribution in [3.63, 3.8) is 0 Å². The average molecular weight is 346 g/mol. The maximum absolute atomic E-state index is 12.6. The lowest BCUT2D eigenvalue weighted by molar-refractivity contribution is -0.138. The number of β-amino-alcohol motifs (C(OH)–C–C–N with tert-alkyl or cyclic N) is 1. The van der Waals surface area contributed by atoms with Crippen molar-refractivity contribution in [3.05, 3.63) is 29.8 Å². The molecule has 1 aromatic carbocycles. The molecule has 0 bridgehead atoms. The summed E-state index contributed by atoms with van der Waals surface area (Å²) in [6, 6.07) is 7.57. The highest BCUT2D eigenvalue weighted by atomic mass is 16.5. The van der Waals surface area contributed by atoms with Crippen molar-refractivity contribution >= 4 is 5.91 Å². The molecule has 2 aliphatic rings. The Morgan fingerprint density at radius 2 is 1.76 bits per heavy atom. The van der Waals surface area contributed by atoms with Crippen LogP contribution < -0.4 is 4.74 Å². The number of hydrogen-bond acceptors (Lipinski definition) is 4. The molecule has 1 saturated heterocycles. The number of rotatable bonds is 5. The Bertz CT molecular complexity index is 547. The smallest absolute Gasteiger partial charge is 0.225 e. The Kier molecular flexibility index (Phi) is 6.32. The van der Waals surface area contributed by atoms with Crippen molar-refractivity contribution in [1.82, 2.24) is 9.80 Å². The molecule has 1 aliphatic heterocycles. The van der Waals surface area contributed by atoms with Crippen LogP contribution in [0.3, 0.4) is 0 Å². The fourth-order valence-electron chi connectivity index (χ4n) is 3.93. The van der Waals surface area contributed by atoms with E-state index in [1.807, 2.05) is 29.2 Å². The summed E-state index contributed by atoms with van der Waals surface area (Å²) in [7, 11) is 1.64. The van der Waals surface area contributed by atoms with Crippen LogP contribution in [-0.2, 0) is 4.79 Å². The number of aliphatic hydroxyl groups excluding tert-OH is 1. The maximum Gasteiger partial charge on any atom is 0.225 e. The van der Waals surface area contributed by atoms with Crippen LogP contribution in [0.4, 0.5) is 0 Å². The summed E-state index contributed by atoms with van der Waals surface area (Å²) in [5.41, 5.74) is 0.904. The number of piperazine rings is 1. The van der Waals surface area contributed by atoms with E-state index < -0.39 is 6.10 Å². The van der Waals surface area contributed by atoms with Gasteiger partial charge in [-0.2, -0.15) is 0 Å². The number of aliphatic hydroxyl groups is 1. The molecule has 1 atom stereocenters. The zero-order chi connectivity index (χ0) is 17.6. The fourth-order valence-corrected chi connectivity index (χ4v) is 3.93. The summed E-state index contributed by atoms with van der Waals surface area (Å²) >= 11 is 0. The molecule has 0 spiro atoms. The number of amides is 1. The van der Waals surface area contributed by atoms with Crippen LogP contribution in [0.5, 0.6) is 5.75 Å². The molecule has 1 aromatic rings. The van der Waals surface area contributed by atoms with Gasteiger partial charge in [-0.1, -0.05) is 31.4 Å². The molecule has 1 N–H and O–H groups in total. The quantitative estimate of drug-likeness (QED) is 0.890. The number of carbonyl (C=O) groups excluding carboxylic acids is 1. The summed E-state index contributed by atoms with van der Waals surface area (Å²) in [6.07, 6.45) is 5.30. The van der Waals surface area contributed by atoms with Gasteiger partial charge >= 0.3 is 0 Å². The molecule has 0 radical (unpaired) electrons. The van der Waals surface area contributed by atoms with Crippen molar-refractivity contribution in [2.24, 2.45) is 5.92 Å². The molecule has 1 heterocycles. The minimum Gasteiger partial charge on any atom is -0.497 e. The van der Waals surface area contributed by atoms with Crippen LogP contribution in [0.2, 0.25) is 0 Å². The Morgan fingerprint density at radius 3 is 2.36 bits per heavy atom. The van der Waals surface area contributed by atoms with Crippen LogP contribution in [-0.4, -0.2) is 60.6 Å². The van der Waals surface area contributed by atoms with E-state index in [0.717, 1.165) is 50.3 Å². The fraction of sp³-hybridized carbons (Fsp3) is 0.650. The van der Waals surface area contributed by atoms with Crippen LogP contribution in [0.1, 0.15) is 43.8 Å². The predicted molar refractivity (Wildman–Crippen MR) is 97.5 cm³/mol. The summed E-state index contributed by atoms with van der Waals surface area (Å²) in [6.45, 7) is 3.85. The number of ether oxygens (including phenoxy) is 1. The number of nitrogens with zero attached hydrogens (tertiary/aromatic N) is 2. The molecular weight excluding hydrogens is 316 g/mol. The number of benzene rings is 1. The van der Waals surface area contributed by atoms with Gasteiger partial charge in [-0.3, -0.25) is 9.69 Å². The van der Waals surface area contributed by atoms with Gasteiger partial charge in [-0.05, 0) is 30.5 Å². The average Bonchev–Trinajstić information content (AvgIpc) is 2.68. The van der Waals surface area contributed by atoms with Crippen molar-refractivity contribution in [2.75, 3.05) is 39.8 Å². The molecule has 138 valence electrons. The zero-order valence-corrected chi connectivity index (χ0v) is 15.2. The first kappa shape index (κ1) is 18.2. The van der Waals surface area contributed by atoms with Gasteiger partial charge in [-0.25, -0.2) is 0 Å². The number of carbonyl (C=O) groups is 1. The summed E-state index contributed by atoms with van der Waals surface area (Å²) in [4.78, 5) is 16.9. The lowest BCUT2D eigenvalue weighted by Gasteiger charge is -2.37. The second kappa shape index (κ2) is 8.68. The van der Waals surface area contributed by atoms with Gasteiger partial charge in [0.15, 0.2) is 0 Å². The van der Waals surface area contributed by atoms with Crippen LogP contribution in [0.25, 0.3) is 0 Å². The Balaban J connectivity index is 1.46. The molecule has 1 aliphatic carbocycles. The van der Waals surface area contributed by atoms with Crippen LogP contribution >= 0.6 is 0 Å². The topological polar surface area (TPSA) is 53.0 Å². The highest BCUT2D eigenvalue weighted by Crippen LogP contribution is 2.26. The number of methoxy groups -OCH3 is 1. The van der Waals surface area contributed by atoms with Crippen LogP contribution in [0, 0.1) is 5.92 Å². The molecule has 1 amide bonds. The van der Waals surface area contributed by atoms with E-state index in [0.29, 0.717) is 12.5 Å². The number of hydrogen-bond donors (Lipinski definition) is 1. The standard InChI is InChI=1S/C20H30N2O3/c1-25-18-9-7-16(8-10-18)19(23)15-21-11-13-22(14-12-21)20(24)17-5-3-2-4-6-17/h7-10,17,19,23H,2-6,11-15H2,1H3. The molecule has 2 fully saturated rings. The highest BCUT2D eigenvalue weighted by molar-refractivity contribution is 5.79. The van der Waals surface area contributed by atoms with E-state index in [-0.39, 0.29) is 5.92 Å². The molecule has 1 saturated carbocycles. The molecule has 3 rings (SSSR count). The SMILES string of the molecule is COc1ccc(C(O)CN2CCN(C(=O)C3CCCCC3)CC2)cc1. The third-order valence-electron chi connectivity index (χ3n) is 5.57. The lowest BCUT2D eigenvalue weighted by atomic mass is 9.88. The van der Waals surface area contributed by atoms with Crippen molar-refractivity contribution < 1.29 is 14.6 Å². The third kappa shape index (κ3) is 4.73. The van der Waals surface area contributed by atoms with Gasteiger partial charge < -0.3 is 14.7 Å². The largest absolute Gasteiger partial charge is 0.497 e. The van der Waals surface area contributed by atoms with Gasteiger partial charge in [0.05, 0.1) is 13.2 Å². The second-order valence-corrected chi connectivity index (χ2v) is 7.25. The predicted octanol–water partition coefficient (Wildman–Crippen LogP) is 2.45. The molecule has 5 nitrogen and oxygen atoms in total. The lowest BCUT2D eigenvalue weighted by Crippen LogP contribution is -2.51. The van der Waals surface area contributed by atoms with Gasteiger partial charge in [0.25, 0.3) is 0 Å². The molecule has 5 heteroatoms. The Labute approximate surface area is 150 Å². The Morgan fingerprint density at radius 1 is 1.12 bits per heavy atom.